The molecular weight excluding hydrogens is 270 g/mol. The Morgan fingerprint density at radius 2 is 2.25 bits per heavy atom. The second-order valence-electron chi connectivity index (χ2n) is 4.08. The highest BCUT2D eigenvalue weighted by Gasteiger charge is 2.19. The van der Waals surface area contributed by atoms with Gasteiger partial charge in [-0.3, -0.25) is 4.79 Å². The van der Waals surface area contributed by atoms with Gasteiger partial charge in [0.15, 0.2) is 5.82 Å². The molecule has 1 heterocycles. The maximum absolute atomic E-state index is 12.1. The first kappa shape index (κ1) is 14.1. The summed E-state index contributed by atoms with van der Waals surface area (Å²) in [5.41, 5.74) is 0.886. The molecule has 2 rings (SSSR count). The quantitative estimate of drug-likeness (QED) is 0.811. The van der Waals surface area contributed by atoms with Crippen molar-refractivity contribution in [3.63, 3.8) is 0 Å². The van der Waals surface area contributed by atoms with E-state index in [9.17, 15) is 13.6 Å². The zero-order valence-electron chi connectivity index (χ0n) is 10.7. The molecule has 0 radical (unpaired) electrons. The minimum atomic E-state index is -3.02. The zero-order chi connectivity index (χ0) is 14.5. The number of Topliss-reactive ketones (excluding diaryl/α,β-unsaturated/α-hetero) is 1. The van der Waals surface area contributed by atoms with Crippen molar-refractivity contribution in [2.45, 2.75) is 19.3 Å². The summed E-state index contributed by atoms with van der Waals surface area (Å²) < 4.78 is 34.0. The summed E-state index contributed by atoms with van der Waals surface area (Å²) in [7, 11) is 1.56. The van der Waals surface area contributed by atoms with Crippen LogP contribution < -0.4 is 4.74 Å². The van der Waals surface area contributed by atoms with Crippen molar-refractivity contribution in [1.29, 1.82) is 0 Å². The summed E-state index contributed by atoms with van der Waals surface area (Å²) in [5, 5.41) is 3.66. The summed E-state index contributed by atoms with van der Waals surface area (Å²) in [5.74, 6) is -0.316. The number of nitrogens with zero attached hydrogens (tertiary/aromatic N) is 2. The molecule has 5 nitrogen and oxygen atoms in total. The number of hydrogen-bond donors (Lipinski definition) is 0. The van der Waals surface area contributed by atoms with Gasteiger partial charge >= 0.3 is 0 Å². The maximum Gasteiger partial charge on any atom is 0.296 e. The SMILES string of the molecule is COc1cccc(Cc2noc(CC(=O)C(F)F)n2)c1. The van der Waals surface area contributed by atoms with E-state index in [-0.39, 0.29) is 5.89 Å². The number of ketones is 1. The lowest BCUT2D eigenvalue weighted by Gasteiger charge is -2.01. The van der Waals surface area contributed by atoms with Gasteiger partial charge in [0.2, 0.25) is 11.7 Å². The van der Waals surface area contributed by atoms with Crippen LogP contribution in [0.5, 0.6) is 5.75 Å². The Balaban J connectivity index is 2.03. The van der Waals surface area contributed by atoms with Crippen molar-refractivity contribution in [1.82, 2.24) is 10.1 Å². The molecule has 106 valence electrons. The number of aromatic nitrogens is 2. The highest BCUT2D eigenvalue weighted by atomic mass is 19.3. The van der Waals surface area contributed by atoms with Crippen LogP contribution in [-0.4, -0.2) is 29.5 Å². The molecule has 7 heteroatoms. The lowest BCUT2D eigenvalue weighted by atomic mass is 10.1. The summed E-state index contributed by atoms with van der Waals surface area (Å²) >= 11 is 0. The van der Waals surface area contributed by atoms with Gasteiger partial charge in [0.25, 0.3) is 6.43 Å². The number of hydrogen-bond acceptors (Lipinski definition) is 5. The topological polar surface area (TPSA) is 65.2 Å². The Morgan fingerprint density at radius 3 is 2.95 bits per heavy atom. The van der Waals surface area contributed by atoms with Gasteiger partial charge < -0.3 is 9.26 Å². The molecule has 20 heavy (non-hydrogen) atoms. The van der Waals surface area contributed by atoms with Crippen molar-refractivity contribution < 1.29 is 22.8 Å². The average molecular weight is 282 g/mol. The molecule has 2 aromatic rings. The first-order valence-electron chi connectivity index (χ1n) is 5.83. The third-order valence-electron chi connectivity index (χ3n) is 2.58. The number of benzene rings is 1. The molecule has 0 saturated heterocycles. The van der Waals surface area contributed by atoms with Crippen LogP contribution in [0.3, 0.4) is 0 Å². The Morgan fingerprint density at radius 1 is 1.45 bits per heavy atom. The van der Waals surface area contributed by atoms with E-state index in [0.717, 1.165) is 5.56 Å². The van der Waals surface area contributed by atoms with Gasteiger partial charge in [-0.15, -0.1) is 0 Å². The Labute approximate surface area is 113 Å². The summed E-state index contributed by atoms with van der Waals surface area (Å²) in [6.07, 6.45) is -3.21. The molecular formula is C13H12F2N2O3. The number of carbonyl (C=O) groups excluding carboxylic acids is 1. The van der Waals surface area contributed by atoms with Crippen LogP contribution in [0.15, 0.2) is 28.8 Å². The Bertz CT molecular complexity index is 599. The highest BCUT2D eigenvalue weighted by Crippen LogP contribution is 2.15. The molecule has 0 aliphatic carbocycles. The van der Waals surface area contributed by atoms with Gasteiger partial charge in [0.05, 0.1) is 13.5 Å². The first-order valence-corrected chi connectivity index (χ1v) is 5.83. The van der Waals surface area contributed by atoms with E-state index in [1.165, 1.54) is 0 Å². The summed E-state index contributed by atoms with van der Waals surface area (Å²) in [6, 6.07) is 7.27. The molecule has 0 saturated carbocycles. The second kappa shape index (κ2) is 6.23. The first-order chi connectivity index (χ1) is 9.58. The Hall–Kier alpha value is -2.31. The molecule has 0 fully saturated rings. The number of methoxy groups -OCH3 is 1. The van der Waals surface area contributed by atoms with E-state index in [1.54, 1.807) is 19.2 Å². The fourth-order valence-electron chi connectivity index (χ4n) is 1.62. The number of rotatable bonds is 6. The van der Waals surface area contributed by atoms with Gasteiger partial charge in [-0.25, -0.2) is 8.78 Å². The molecule has 1 aromatic carbocycles. The van der Waals surface area contributed by atoms with Crippen molar-refractivity contribution in [3.05, 3.63) is 41.5 Å². The Kier molecular flexibility index (Phi) is 4.39. The van der Waals surface area contributed by atoms with Crippen LogP contribution in [0.1, 0.15) is 17.3 Å². The van der Waals surface area contributed by atoms with E-state index in [0.29, 0.717) is 18.0 Å². The predicted octanol–water partition coefficient (Wildman–Crippen LogP) is 2.05. The van der Waals surface area contributed by atoms with Crippen LogP contribution in [0.4, 0.5) is 8.78 Å². The lowest BCUT2D eigenvalue weighted by Crippen LogP contribution is -2.13. The van der Waals surface area contributed by atoms with E-state index in [1.807, 2.05) is 12.1 Å². The number of carbonyl (C=O) groups is 1. The third kappa shape index (κ3) is 3.59. The van der Waals surface area contributed by atoms with Gasteiger partial charge in [0, 0.05) is 6.42 Å². The van der Waals surface area contributed by atoms with Crippen LogP contribution in [0.25, 0.3) is 0 Å². The van der Waals surface area contributed by atoms with E-state index >= 15 is 0 Å². The lowest BCUT2D eigenvalue weighted by molar-refractivity contribution is -0.129. The van der Waals surface area contributed by atoms with Crippen molar-refractivity contribution in [3.8, 4) is 5.75 Å². The summed E-state index contributed by atoms with van der Waals surface area (Å²) in [4.78, 5) is 14.8. The minimum Gasteiger partial charge on any atom is -0.497 e. The molecule has 0 bridgehead atoms. The molecule has 0 N–H and O–H groups in total. The average Bonchev–Trinajstić information content (AvgIpc) is 2.86. The van der Waals surface area contributed by atoms with E-state index < -0.39 is 18.6 Å². The van der Waals surface area contributed by atoms with Crippen LogP contribution in [0.2, 0.25) is 0 Å². The molecule has 0 aliphatic heterocycles. The fraction of sp³-hybridized carbons (Fsp3) is 0.308. The predicted molar refractivity (Wildman–Crippen MR) is 64.8 cm³/mol. The standard InChI is InChI=1S/C13H12F2N2O3/c1-19-9-4-2-3-8(5-9)6-11-16-12(20-17-11)7-10(18)13(14)15/h2-5,13H,6-7H2,1H3. The molecule has 1 aromatic heterocycles. The van der Waals surface area contributed by atoms with Gasteiger partial charge in [-0.2, -0.15) is 4.98 Å². The van der Waals surface area contributed by atoms with Crippen LogP contribution in [0, 0.1) is 0 Å². The zero-order valence-corrected chi connectivity index (χ0v) is 10.7. The third-order valence-corrected chi connectivity index (χ3v) is 2.58. The second-order valence-corrected chi connectivity index (χ2v) is 4.08. The van der Waals surface area contributed by atoms with Crippen molar-refractivity contribution in [2.75, 3.05) is 7.11 Å². The normalized spacial score (nSPS) is 10.8. The fourth-order valence-corrected chi connectivity index (χ4v) is 1.62. The molecule has 0 aliphatic rings. The highest BCUT2D eigenvalue weighted by molar-refractivity contribution is 5.82. The molecule has 0 amide bonds. The van der Waals surface area contributed by atoms with Crippen molar-refractivity contribution >= 4 is 5.78 Å². The molecule has 0 atom stereocenters. The van der Waals surface area contributed by atoms with Crippen LogP contribution in [-0.2, 0) is 17.6 Å². The monoisotopic (exact) mass is 282 g/mol. The van der Waals surface area contributed by atoms with Gasteiger partial charge in [-0.05, 0) is 17.7 Å². The van der Waals surface area contributed by atoms with Gasteiger partial charge in [0.1, 0.15) is 5.75 Å². The van der Waals surface area contributed by atoms with Gasteiger partial charge in [-0.1, -0.05) is 17.3 Å². The molecule has 0 spiro atoms. The van der Waals surface area contributed by atoms with Crippen LogP contribution >= 0.6 is 0 Å². The van der Waals surface area contributed by atoms with Crippen molar-refractivity contribution in [2.24, 2.45) is 0 Å². The van der Waals surface area contributed by atoms with E-state index in [2.05, 4.69) is 10.1 Å². The maximum atomic E-state index is 12.1. The molecule has 0 unspecified atom stereocenters. The largest absolute Gasteiger partial charge is 0.497 e. The number of alkyl halides is 2. The number of halogens is 2. The van der Waals surface area contributed by atoms with E-state index in [4.69, 9.17) is 9.26 Å². The summed E-state index contributed by atoms with van der Waals surface area (Å²) in [6.45, 7) is 0. The minimum absolute atomic E-state index is 0.104. The smallest absolute Gasteiger partial charge is 0.296 e. The number of ether oxygens (including phenoxy) is 1.